The highest BCUT2D eigenvalue weighted by Crippen LogP contribution is 1.99. The lowest BCUT2D eigenvalue weighted by molar-refractivity contribution is 1.23. The third-order valence-electron chi connectivity index (χ3n) is 1.56. The van der Waals surface area contributed by atoms with Gasteiger partial charge in [0.2, 0.25) is 0 Å². The molecule has 0 spiro atoms. The summed E-state index contributed by atoms with van der Waals surface area (Å²) in [5.74, 6) is 0. The molecule has 0 bridgehead atoms. The lowest BCUT2D eigenvalue weighted by Gasteiger charge is -1.86. The fraction of sp³-hybridized carbons (Fsp3) is 0. The van der Waals surface area contributed by atoms with Crippen molar-refractivity contribution in [3.63, 3.8) is 0 Å². The Balaban J connectivity index is 1.96. The smallest absolute Gasteiger partial charge is 0.136 e. The van der Waals surface area contributed by atoms with Crippen LogP contribution in [-0.4, -0.2) is 22.4 Å². The second-order valence-corrected chi connectivity index (χ2v) is 3.54. The van der Waals surface area contributed by atoms with E-state index in [9.17, 15) is 0 Å². The average Bonchev–Trinajstić information content (AvgIpc) is 2.79. The Hall–Kier alpha value is -1.88. The fourth-order valence-electron chi connectivity index (χ4n) is 0.926. The van der Waals surface area contributed by atoms with Gasteiger partial charge in [0, 0.05) is 17.8 Å². The van der Waals surface area contributed by atoms with Gasteiger partial charge in [-0.15, -0.1) is 11.3 Å². The maximum absolute atomic E-state index is 4.08. The van der Waals surface area contributed by atoms with Crippen molar-refractivity contribution < 1.29 is 0 Å². The molecule has 2 aromatic heterocycles. The van der Waals surface area contributed by atoms with Crippen LogP contribution in [0.1, 0.15) is 10.7 Å². The van der Waals surface area contributed by atoms with E-state index in [0.29, 0.717) is 0 Å². The van der Waals surface area contributed by atoms with Crippen LogP contribution in [0.15, 0.2) is 46.2 Å². The van der Waals surface area contributed by atoms with Gasteiger partial charge in [-0.2, -0.15) is 10.2 Å². The second kappa shape index (κ2) is 5.11. The molecule has 5 heteroatoms. The molecule has 0 saturated heterocycles. The van der Waals surface area contributed by atoms with Gasteiger partial charge < -0.3 is 0 Å². The normalized spacial score (nSPS) is 11.5. The Morgan fingerprint density at radius 3 is 2.73 bits per heavy atom. The minimum atomic E-state index is 0.786. The molecule has 4 nitrogen and oxygen atoms in total. The van der Waals surface area contributed by atoms with Crippen LogP contribution in [0.2, 0.25) is 0 Å². The van der Waals surface area contributed by atoms with E-state index in [-0.39, 0.29) is 0 Å². The minimum absolute atomic E-state index is 0.786. The molecule has 2 heterocycles. The first kappa shape index (κ1) is 9.67. The number of nitrogens with zero attached hydrogens (tertiary/aromatic N) is 4. The summed E-state index contributed by atoms with van der Waals surface area (Å²) in [6.07, 6.45) is 6.66. The molecule has 0 fully saturated rings. The molecule has 0 unspecified atom stereocenters. The Kier molecular flexibility index (Phi) is 3.30. The zero-order chi connectivity index (χ0) is 10.3. The molecule has 15 heavy (non-hydrogen) atoms. The zero-order valence-electron chi connectivity index (χ0n) is 7.82. The number of thiazole rings is 1. The molecule has 0 saturated carbocycles. The van der Waals surface area contributed by atoms with E-state index in [1.807, 2.05) is 23.6 Å². The summed E-state index contributed by atoms with van der Waals surface area (Å²) in [6.45, 7) is 0. The summed E-state index contributed by atoms with van der Waals surface area (Å²) in [7, 11) is 0. The van der Waals surface area contributed by atoms with Crippen molar-refractivity contribution in [1.29, 1.82) is 0 Å². The van der Waals surface area contributed by atoms with Gasteiger partial charge in [0.1, 0.15) is 5.01 Å². The van der Waals surface area contributed by atoms with Crippen molar-refractivity contribution in [3.8, 4) is 0 Å². The Labute approximate surface area is 91.1 Å². The largest absolute Gasteiger partial charge is 0.255 e. The van der Waals surface area contributed by atoms with E-state index >= 15 is 0 Å². The first-order valence-corrected chi connectivity index (χ1v) is 5.20. The van der Waals surface area contributed by atoms with Crippen molar-refractivity contribution in [3.05, 3.63) is 46.7 Å². The Bertz CT molecular complexity index is 448. The van der Waals surface area contributed by atoms with Crippen LogP contribution < -0.4 is 0 Å². The highest BCUT2D eigenvalue weighted by Gasteiger charge is 1.86. The topological polar surface area (TPSA) is 50.5 Å². The summed E-state index contributed by atoms with van der Waals surface area (Å²) >= 11 is 1.52. The fourth-order valence-corrected chi connectivity index (χ4v) is 1.42. The maximum atomic E-state index is 4.08. The van der Waals surface area contributed by atoms with Gasteiger partial charge >= 0.3 is 0 Å². The standard InChI is InChI=1S/C10H8N4S/c1-2-4-11-9(3-1)7-13-14-8-10-12-5-6-15-10/h1-8H/b13-7?,14-8+. The van der Waals surface area contributed by atoms with Crippen molar-refractivity contribution in [2.75, 3.05) is 0 Å². The monoisotopic (exact) mass is 216 g/mol. The second-order valence-electron chi connectivity index (χ2n) is 2.61. The van der Waals surface area contributed by atoms with Gasteiger partial charge in [-0.1, -0.05) is 6.07 Å². The minimum Gasteiger partial charge on any atom is -0.255 e. The average molecular weight is 216 g/mol. The molecule has 0 aromatic carbocycles. The summed E-state index contributed by atoms with van der Waals surface area (Å²) in [6, 6.07) is 5.62. The van der Waals surface area contributed by atoms with E-state index in [0.717, 1.165) is 10.7 Å². The van der Waals surface area contributed by atoms with Crippen molar-refractivity contribution in [1.82, 2.24) is 9.97 Å². The van der Waals surface area contributed by atoms with Crippen LogP contribution in [0.5, 0.6) is 0 Å². The van der Waals surface area contributed by atoms with Crippen molar-refractivity contribution in [2.45, 2.75) is 0 Å². The molecule has 0 aliphatic heterocycles. The summed E-state index contributed by atoms with van der Waals surface area (Å²) < 4.78 is 0. The third kappa shape index (κ3) is 3.07. The zero-order valence-corrected chi connectivity index (χ0v) is 8.63. The van der Waals surface area contributed by atoms with E-state index < -0.39 is 0 Å². The van der Waals surface area contributed by atoms with E-state index in [4.69, 9.17) is 0 Å². The van der Waals surface area contributed by atoms with Crippen molar-refractivity contribution in [2.24, 2.45) is 10.2 Å². The predicted molar refractivity (Wildman–Crippen MR) is 61.5 cm³/mol. The highest BCUT2D eigenvalue weighted by atomic mass is 32.1. The Morgan fingerprint density at radius 2 is 2.00 bits per heavy atom. The van der Waals surface area contributed by atoms with Crippen LogP contribution >= 0.6 is 11.3 Å². The molecule has 74 valence electrons. The maximum Gasteiger partial charge on any atom is 0.136 e. The lowest BCUT2D eigenvalue weighted by Crippen LogP contribution is -1.83. The number of pyridine rings is 1. The molecule has 2 rings (SSSR count). The van der Waals surface area contributed by atoms with E-state index in [1.54, 1.807) is 24.8 Å². The van der Waals surface area contributed by atoms with Gasteiger partial charge in [0.15, 0.2) is 0 Å². The molecule has 0 N–H and O–H groups in total. The van der Waals surface area contributed by atoms with Crippen LogP contribution in [0.3, 0.4) is 0 Å². The molecule has 2 aromatic rings. The molecule has 0 aliphatic rings. The number of hydrogen-bond donors (Lipinski definition) is 0. The van der Waals surface area contributed by atoms with Crippen LogP contribution in [-0.2, 0) is 0 Å². The first-order chi connectivity index (χ1) is 7.45. The molecule has 0 aliphatic carbocycles. The number of hydrogen-bond acceptors (Lipinski definition) is 5. The van der Waals surface area contributed by atoms with Crippen LogP contribution in [0.4, 0.5) is 0 Å². The van der Waals surface area contributed by atoms with Gasteiger partial charge in [-0.05, 0) is 12.1 Å². The van der Waals surface area contributed by atoms with Crippen LogP contribution in [0.25, 0.3) is 0 Å². The van der Waals surface area contributed by atoms with Gasteiger partial charge in [-0.3, -0.25) is 4.98 Å². The third-order valence-corrected chi connectivity index (χ3v) is 2.27. The molecule has 0 radical (unpaired) electrons. The SMILES string of the molecule is C(=N/N=C/c1nccs1)c1ccccn1. The highest BCUT2D eigenvalue weighted by molar-refractivity contribution is 7.11. The summed E-state index contributed by atoms with van der Waals surface area (Å²) in [4.78, 5) is 8.12. The Morgan fingerprint density at radius 1 is 1.07 bits per heavy atom. The quantitative estimate of drug-likeness (QED) is 0.582. The van der Waals surface area contributed by atoms with Crippen molar-refractivity contribution >= 4 is 23.8 Å². The van der Waals surface area contributed by atoms with Gasteiger partial charge in [0.05, 0.1) is 18.1 Å². The van der Waals surface area contributed by atoms with E-state index in [2.05, 4.69) is 20.2 Å². The van der Waals surface area contributed by atoms with Gasteiger partial charge in [-0.25, -0.2) is 4.98 Å². The van der Waals surface area contributed by atoms with Gasteiger partial charge in [0.25, 0.3) is 0 Å². The summed E-state index contributed by atoms with van der Waals surface area (Å²) in [5.41, 5.74) is 0.786. The van der Waals surface area contributed by atoms with E-state index in [1.165, 1.54) is 11.3 Å². The number of aromatic nitrogens is 2. The summed E-state index contributed by atoms with van der Waals surface area (Å²) in [5, 5.41) is 10.5. The molecular formula is C10H8N4S. The molecule has 0 atom stereocenters. The molecule has 0 amide bonds. The van der Waals surface area contributed by atoms with Crippen LogP contribution in [0, 0.1) is 0 Å². The molecular weight excluding hydrogens is 208 g/mol. The first-order valence-electron chi connectivity index (χ1n) is 4.32. The lowest BCUT2D eigenvalue weighted by atomic mass is 10.4. The predicted octanol–water partition coefficient (Wildman–Crippen LogP) is 1.99. The number of rotatable bonds is 3.